The molecule has 0 heterocycles. The van der Waals surface area contributed by atoms with Crippen molar-refractivity contribution in [1.82, 2.24) is 0 Å². The zero-order chi connectivity index (χ0) is 14.3. The SMILES string of the molecule is CC(=O)O.CC(=O)[O-].CC(=O)[O-].CC(=O)[O-].[Sm+3]. The number of carboxylic acids is 4. The van der Waals surface area contributed by atoms with Gasteiger partial charge in [0.25, 0.3) is 5.97 Å². The number of rotatable bonds is 0. The quantitative estimate of drug-likeness (QED) is 0.446. The summed E-state index contributed by atoms with van der Waals surface area (Å²) in [6, 6.07) is 0. The van der Waals surface area contributed by atoms with Crippen molar-refractivity contribution in [1.29, 1.82) is 0 Å². The van der Waals surface area contributed by atoms with Crippen LogP contribution in [0.3, 0.4) is 0 Å². The fourth-order valence-corrected chi connectivity index (χ4v) is 0. The average molecular weight is 388 g/mol. The Hall–Kier alpha value is -0.782. The Morgan fingerprint density at radius 2 is 0.706 bits per heavy atom. The minimum atomic E-state index is -1.08. The second kappa shape index (κ2) is 24.4. The first-order valence-corrected chi connectivity index (χ1v) is 3.65. The van der Waals surface area contributed by atoms with E-state index in [1.54, 1.807) is 0 Å². The largest absolute Gasteiger partial charge is 3.00 e. The summed E-state index contributed by atoms with van der Waals surface area (Å²) in [5, 5.41) is 34.1. The third-order valence-electron chi connectivity index (χ3n) is 0. The maximum atomic E-state index is 9.00. The zero-order valence-corrected chi connectivity index (χ0v) is 12.3. The minimum Gasteiger partial charge on any atom is -0.550 e. The van der Waals surface area contributed by atoms with Crippen molar-refractivity contribution in [2.75, 3.05) is 0 Å². The second-order valence-corrected chi connectivity index (χ2v) is 1.99. The molecule has 1 radical (unpaired) electrons. The number of carbonyl (C=O) groups is 4. The maximum absolute atomic E-state index is 9.00. The molecule has 0 aromatic heterocycles. The van der Waals surface area contributed by atoms with Gasteiger partial charge in [-0.3, -0.25) is 4.79 Å². The summed E-state index contributed by atoms with van der Waals surface area (Å²) in [6.07, 6.45) is 0. The zero-order valence-electron chi connectivity index (χ0n) is 9.71. The van der Waals surface area contributed by atoms with Crippen LogP contribution in [0, 0.1) is 40.4 Å². The van der Waals surface area contributed by atoms with E-state index >= 15 is 0 Å². The van der Waals surface area contributed by atoms with Crippen LogP contribution in [-0.2, 0) is 19.2 Å². The molecule has 0 spiro atoms. The molecule has 0 aromatic rings. The summed E-state index contributed by atoms with van der Waals surface area (Å²) in [7, 11) is 0. The van der Waals surface area contributed by atoms with Crippen LogP contribution in [0.5, 0.6) is 0 Å². The van der Waals surface area contributed by atoms with Gasteiger partial charge in [-0.1, -0.05) is 0 Å². The third kappa shape index (κ3) is 4340. The first-order valence-electron chi connectivity index (χ1n) is 3.65. The second-order valence-electron chi connectivity index (χ2n) is 1.99. The Labute approximate surface area is 131 Å². The van der Waals surface area contributed by atoms with Crippen molar-refractivity contribution in [3.8, 4) is 0 Å². The Morgan fingerprint density at radius 1 is 0.706 bits per heavy atom. The third-order valence-corrected chi connectivity index (χ3v) is 0. The monoisotopic (exact) mass is 389 g/mol. The Kier molecular flexibility index (Phi) is 42.9. The van der Waals surface area contributed by atoms with E-state index in [0.29, 0.717) is 0 Å². The summed E-state index contributed by atoms with van der Waals surface area (Å²) in [4.78, 5) is 35.7. The predicted molar refractivity (Wildman–Crippen MR) is 45.4 cm³/mol. The van der Waals surface area contributed by atoms with E-state index in [4.69, 9.17) is 39.6 Å². The van der Waals surface area contributed by atoms with E-state index in [2.05, 4.69) is 0 Å². The van der Waals surface area contributed by atoms with Crippen LogP contribution in [0.2, 0.25) is 0 Å². The number of hydrogen-bond acceptors (Lipinski definition) is 7. The predicted octanol–water partition coefficient (Wildman–Crippen LogP) is -3.64. The molecular weight excluding hydrogens is 374 g/mol. The molecular formula is C8H13O8Sm. The molecule has 0 aliphatic heterocycles. The number of aliphatic carboxylic acids is 4. The summed E-state index contributed by atoms with van der Waals surface area (Å²) >= 11 is 0. The molecule has 0 unspecified atom stereocenters. The van der Waals surface area contributed by atoms with Gasteiger partial charge in [0.05, 0.1) is 0 Å². The molecule has 99 valence electrons. The molecule has 1 N–H and O–H groups in total. The first kappa shape index (κ1) is 29.8. The van der Waals surface area contributed by atoms with Gasteiger partial charge in [-0.25, -0.2) is 0 Å². The molecule has 0 atom stereocenters. The number of hydrogen-bond donors (Lipinski definition) is 1. The fraction of sp³-hybridized carbons (Fsp3) is 0.500. The smallest absolute Gasteiger partial charge is 0.550 e. The van der Waals surface area contributed by atoms with E-state index in [-0.39, 0.29) is 40.4 Å². The van der Waals surface area contributed by atoms with Gasteiger partial charge in [-0.15, -0.1) is 0 Å². The topological polar surface area (TPSA) is 158 Å². The van der Waals surface area contributed by atoms with Crippen molar-refractivity contribution in [2.24, 2.45) is 0 Å². The van der Waals surface area contributed by atoms with E-state index < -0.39 is 23.9 Å². The van der Waals surface area contributed by atoms with Gasteiger partial charge in [0.15, 0.2) is 0 Å². The molecule has 0 aliphatic carbocycles. The summed E-state index contributed by atoms with van der Waals surface area (Å²) in [6.45, 7) is 4.00. The Bertz CT molecular complexity index is 162. The van der Waals surface area contributed by atoms with Crippen molar-refractivity contribution in [3.05, 3.63) is 0 Å². The molecule has 0 aromatic carbocycles. The summed E-state index contributed by atoms with van der Waals surface area (Å²) in [5.41, 5.74) is 0. The van der Waals surface area contributed by atoms with Gasteiger partial charge in [0.2, 0.25) is 0 Å². The molecule has 0 amide bonds. The van der Waals surface area contributed by atoms with Crippen molar-refractivity contribution in [2.45, 2.75) is 27.7 Å². The first-order chi connectivity index (χ1) is 6.93. The number of carboxylic acid groups (broad SMARTS) is 4. The normalized spacial score (nSPS) is 5.88. The van der Waals surface area contributed by atoms with Crippen LogP contribution >= 0.6 is 0 Å². The van der Waals surface area contributed by atoms with Crippen LogP contribution in [0.4, 0.5) is 0 Å². The summed E-state index contributed by atoms with van der Waals surface area (Å²) < 4.78 is 0. The standard InChI is InChI=1S/4C2H4O2.Sm/c4*1-2(3)4;/h4*1H3,(H,3,4);/q;;;;+3/p-3. The van der Waals surface area contributed by atoms with Crippen LogP contribution in [-0.4, -0.2) is 29.0 Å². The maximum Gasteiger partial charge on any atom is 3.00 e. The van der Waals surface area contributed by atoms with Gasteiger partial charge < -0.3 is 34.8 Å². The van der Waals surface area contributed by atoms with Crippen molar-refractivity contribution >= 4 is 23.9 Å². The van der Waals surface area contributed by atoms with Crippen molar-refractivity contribution in [3.63, 3.8) is 0 Å². The van der Waals surface area contributed by atoms with Gasteiger partial charge in [-0.05, 0) is 20.8 Å². The van der Waals surface area contributed by atoms with Crippen LogP contribution in [0.15, 0.2) is 0 Å². The fourth-order valence-electron chi connectivity index (χ4n) is 0. The van der Waals surface area contributed by atoms with Crippen LogP contribution in [0.25, 0.3) is 0 Å². The van der Waals surface area contributed by atoms with Gasteiger partial charge in [0, 0.05) is 24.8 Å². The molecule has 9 heteroatoms. The van der Waals surface area contributed by atoms with Gasteiger partial charge in [-0.2, -0.15) is 0 Å². The van der Waals surface area contributed by atoms with Crippen LogP contribution in [0.1, 0.15) is 27.7 Å². The molecule has 0 saturated carbocycles. The molecule has 0 rings (SSSR count). The van der Waals surface area contributed by atoms with Crippen molar-refractivity contribution < 1.29 is 80.0 Å². The van der Waals surface area contributed by atoms with Gasteiger partial charge in [0.1, 0.15) is 0 Å². The minimum absolute atomic E-state index is 0. The molecule has 0 fully saturated rings. The average Bonchev–Trinajstić information content (AvgIpc) is 1.76. The Balaban J connectivity index is -0.0000000369. The van der Waals surface area contributed by atoms with E-state index in [1.807, 2.05) is 0 Å². The summed E-state index contributed by atoms with van der Waals surface area (Å²) in [5.74, 6) is -4.08. The number of carbonyl (C=O) groups excluding carboxylic acids is 3. The van der Waals surface area contributed by atoms with E-state index in [1.165, 1.54) is 0 Å². The molecule has 0 bridgehead atoms. The van der Waals surface area contributed by atoms with Crippen LogP contribution < -0.4 is 15.3 Å². The van der Waals surface area contributed by atoms with E-state index in [9.17, 15) is 0 Å². The Morgan fingerprint density at radius 3 is 0.706 bits per heavy atom. The van der Waals surface area contributed by atoms with E-state index in [0.717, 1.165) is 27.7 Å². The molecule has 17 heavy (non-hydrogen) atoms. The van der Waals surface area contributed by atoms with Gasteiger partial charge >= 0.3 is 40.4 Å². The molecule has 0 saturated heterocycles. The molecule has 8 nitrogen and oxygen atoms in total. The molecule has 0 aliphatic rings.